The van der Waals surface area contributed by atoms with Crippen molar-refractivity contribution < 1.29 is 0 Å². The smallest absolute Gasteiger partial charge is 0.129 e. The normalized spacial score (nSPS) is 10.8. The summed E-state index contributed by atoms with van der Waals surface area (Å²) in [4.78, 5) is 8.98. The topological polar surface area (TPSA) is 19.4 Å². The molecule has 1 rings (SSSR count). The lowest BCUT2D eigenvalue weighted by atomic mass is 10.3. The lowest BCUT2D eigenvalue weighted by molar-refractivity contribution is 0.400. The minimum atomic E-state index is 0.899. The van der Waals surface area contributed by atoms with E-state index in [0.717, 1.165) is 36.5 Å². The van der Waals surface area contributed by atoms with E-state index in [9.17, 15) is 0 Å². The average molecular weight is 286 g/mol. The molecule has 4 heteroatoms. The second-order valence-corrected chi connectivity index (χ2v) is 4.87. The molecular weight excluding hydrogens is 266 g/mol. The highest BCUT2D eigenvalue weighted by molar-refractivity contribution is 9.10. The molecular formula is C12H20BrN3. The van der Waals surface area contributed by atoms with Gasteiger partial charge in [0, 0.05) is 13.1 Å². The second-order valence-electron chi connectivity index (χ2n) is 4.06. The average Bonchev–Trinajstić information content (AvgIpc) is 2.24. The highest BCUT2D eigenvalue weighted by atomic mass is 79.9. The molecule has 0 saturated heterocycles. The van der Waals surface area contributed by atoms with Crippen LogP contribution in [-0.4, -0.2) is 43.6 Å². The molecule has 1 aromatic rings. The second kappa shape index (κ2) is 6.86. The van der Waals surface area contributed by atoms with Crippen LogP contribution in [0.1, 0.15) is 13.3 Å². The SMILES string of the molecule is CCN(CCCN(C)C)c1cccc(Br)n1. The Balaban J connectivity index is 2.53. The fourth-order valence-corrected chi connectivity index (χ4v) is 1.92. The van der Waals surface area contributed by atoms with Crippen LogP contribution in [0.4, 0.5) is 5.82 Å². The summed E-state index contributed by atoms with van der Waals surface area (Å²) in [7, 11) is 4.21. The standard InChI is InChI=1S/C12H20BrN3/c1-4-16(10-6-9-15(2)3)12-8-5-7-11(13)14-12/h5,7-8H,4,6,9-10H2,1-3H3. The number of hydrogen-bond donors (Lipinski definition) is 0. The first-order chi connectivity index (χ1) is 7.63. The van der Waals surface area contributed by atoms with E-state index in [0.29, 0.717) is 0 Å². The first-order valence-corrected chi connectivity index (χ1v) is 6.45. The van der Waals surface area contributed by atoms with Gasteiger partial charge in [0.25, 0.3) is 0 Å². The van der Waals surface area contributed by atoms with Crippen LogP contribution >= 0.6 is 15.9 Å². The molecule has 3 nitrogen and oxygen atoms in total. The van der Waals surface area contributed by atoms with Gasteiger partial charge < -0.3 is 9.80 Å². The van der Waals surface area contributed by atoms with Crippen molar-refractivity contribution in [3.63, 3.8) is 0 Å². The monoisotopic (exact) mass is 285 g/mol. The van der Waals surface area contributed by atoms with Crippen molar-refractivity contribution in [1.29, 1.82) is 0 Å². The van der Waals surface area contributed by atoms with Crippen LogP contribution in [0, 0.1) is 0 Å². The summed E-state index contributed by atoms with van der Waals surface area (Å²) in [6.45, 7) is 5.33. The summed E-state index contributed by atoms with van der Waals surface area (Å²) in [5, 5.41) is 0. The zero-order valence-corrected chi connectivity index (χ0v) is 11.9. The Labute approximate surface area is 107 Å². The Kier molecular flexibility index (Phi) is 5.77. The van der Waals surface area contributed by atoms with Gasteiger partial charge in [-0.1, -0.05) is 6.07 Å². The molecule has 16 heavy (non-hydrogen) atoms. The first-order valence-electron chi connectivity index (χ1n) is 5.65. The highest BCUT2D eigenvalue weighted by Crippen LogP contribution is 2.14. The van der Waals surface area contributed by atoms with E-state index < -0.39 is 0 Å². The summed E-state index contributed by atoms with van der Waals surface area (Å²) in [5.74, 6) is 1.05. The largest absolute Gasteiger partial charge is 0.357 e. The van der Waals surface area contributed by atoms with Crippen molar-refractivity contribution in [3.05, 3.63) is 22.8 Å². The van der Waals surface area contributed by atoms with Gasteiger partial charge >= 0.3 is 0 Å². The molecule has 0 spiro atoms. The molecule has 0 aromatic carbocycles. The lowest BCUT2D eigenvalue weighted by Gasteiger charge is -2.22. The van der Waals surface area contributed by atoms with Gasteiger partial charge in [-0.3, -0.25) is 0 Å². The number of aromatic nitrogens is 1. The molecule has 0 N–H and O–H groups in total. The molecule has 1 heterocycles. The lowest BCUT2D eigenvalue weighted by Crippen LogP contribution is -2.27. The maximum absolute atomic E-state index is 4.47. The van der Waals surface area contributed by atoms with Crippen molar-refractivity contribution in [1.82, 2.24) is 9.88 Å². The van der Waals surface area contributed by atoms with Gasteiger partial charge in [-0.25, -0.2) is 4.98 Å². The summed E-state index contributed by atoms with van der Waals surface area (Å²) < 4.78 is 0.899. The summed E-state index contributed by atoms with van der Waals surface area (Å²) in [5.41, 5.74) is 0. The summed E-state index contributed by atoms with van der Waals surface area (Å²) in [6.07, 6.45) is 1.16. The number of pyridine rings is 1. The van der Waals surface area contributed by atoms with Crippen LogP contribution < -0.4 is 4.90 Å². The van der Waals surface area contributed by atoms with Gasteiger partial charge in [0.15, 0.2) is 0 Å². The van der Waals surface area contributed by atoms with Gasteiger partial charge in [-0.05, 0) is 62.0 Å². The van der Waals surface area contributed by atoms with Gasteiger partial charge in [0.2, 0.25) is 0 Å². The number of rotatable bonds is 6. The Hall–Kier alpha value is -0.610. The van der Waals surface area contributed by atoms with Crippen LogP contribution in [0.2, 0.25) is 0 Å². The van der Waals surface area contributed by atoms with E-state index in [2.05, 4.69) is 57.8 Å². The van der Waals surface area contributed by atoms with Crippen LogP contribution in [-0.2, 0) is 0 Å². The quantitative estimate of drug-likeness (QED) is 0.749. The molecule has 0 atom stereocenters. The molecule has 0 unspecified atom stereocenters. The van der Waals surface area contributed by atoms with Crippen molar-refractivity contribution in [2.45, 2.75) is 13.3 Å². The fraction of sp³-hybridized carbons (Fsp3) is 0.583. The van der Waals surface area contributed by atoms with Crippen LogP contribution in [0.15, 0.2) is 22.8 Å². The summed E-state index contributed by atoms with van der Waals surface area (Å²) in [6, 6.07) is 6.04. The predicted molar refractivity (Wildman–Crippen MR) is 73.0 cm³/mol. The molecule has 0 amide bonds. The Morgan fingerprint density at radius 3 is 2.56 bits per heavy atom. The molecule has 0 aliphatic heterocycles. The molecule has 0 saturated carbocycles. The van der Waals surface area contributed by atoms with Crippen molar-refractivity contribution in [2.75, 3.05) is 38.6 Å². The number of hydrogen-bond acceptors (Lipinski definition) is 3. The van der Waals surface area contributed by atoms with Crippen molar-refractivity contribution in [2.24, 2.45) is 0 Å². The third kappa shape index (κ3) is 4.49. The van der Waals surface area contributed by atoms with Gasteiger partial charge in [-0.2, -0.15) is 0 Å². The molecule has 0 aliphatic carbocycles. The zero-order valence-electron chi connectivity index (χ0n) is 10.3. The Morgan fingerprint density at radius 1 is 1.25 bits per heavy atom. The third-order valence-electron chi connectivity index (χ3n) is 2.44. The van der Waals surface area contributed by atoms with E-state index in [4.69, 9.17) is 0 Å². The molecule has 0 bridgehead atoms. The zero-order chi connectivity index (χ0) is 12.0. The predicted octanol–water partition coefficient (Wildman–Crippen LogP) is 2.62. The van der Waals surface area contributed by atoms with Gasteiger partial charge in [-0.15, -0.1) is 0 Å². The maximum atomic E-state index is 4.47. The molecule has 90 valence electrons. The van der Waals surface area contributed by atoms with Crippen molar-refractivity contribution in [3.8, 4) is 0 Å². The fourth-order valence-electron chi connectivity index (χ4n) is 1.59. The van der Waals surface area contributed by atoms with Gasteiger partial charge in [0.05, 0.1) is 0 Å². The van der Waals surface area contributed by atoms with E-state index in [-0.39, 0.29) is 0 Å². The minimum absolute atomic E-state index is 0.899. The van der Waals surface area contributed by atoms with E-state index in [1.54, 1.807) is 0 Å². The number of nitrogens with zero attached hydrogens (tertiary/aromatic N) is 3. The van der Waals surface area contributed by atoms with E-state index in [1.807, 2.05) is 12.1 Å². The van der Waals surface area contributed by atoms with Crippen LogP contribution in [0.25, 0.3) is 0 Å². The van der Waals surface area contributed by atoms with E-state index in [1.165, 1.54) is 0 Å². The van der Waals surface area contributed by atoms with Crippen LogP contribution in [0.5, 0.6) is 0 Å². The number of anilines is 1. The summed E-state index contributed by atoms with van der Waals surface area (Å²) >= 11 is 3.41. The first kappa shape index (κ1) is 13.5. The molecule has 0 radical (unpaired) electrons. The third-order valence-corrected chi connectivity index (χ3v) is 2.88. The molecule has 1 aromatic heterocycles. The minimum Gasteiger partial charge on any atom is -0.357 e. The van der Waals surface area contributed by atoms with Crippen molar-refractivity contribution >= 4 is 21.7 Å². The highest BCUT2D eigenvalue weighted by Gasteiger charge is 2.05. The Bertz CT molecular complexity index is 315. The van der Waals surface area contributed by atoms with E-state index >= 15 is 0 Å². The Morgan fingerprint density at radius 2 is 2.00 bits per heavy atom. The van der Waals surface area contributed by atoms with Crippen LogP contribution in [0.3, 0.4) is 0 Å². The molecule has 0 aliphatic rings. The molecule has 0 fully saturated rings. The number of halogens is 1. The van der Waals surface area contributed by atoms with Gasteiger partial charge in [0.1, 0.15) is 10.4 Å². The maximum Gasteiger partial charge on any atom is 0.129 e.